The minimum Gasteiger partial charge on any atom is -0.481 e. The largest absolute Gasteiger partial charge is 0.481 e. The average molecular weight is 244 g/mol. The summed E-state index contributed by atoms with van der Waals surface area (Å²) in [4.78, 5) is 22.1. The van der Waals surface area contributed by atoms with Crippen LogP contribution in [0, 0.1) is 5.41 Å². The van der Waals surface area contributed by atoms with Gasteiger partial charge < -0.3 is 5.11 Å². The summed E-state index contributed by atoms with van der Waals surface area (Å²) in [5.74, 6) is -1.21. The standard InChI is InChI=1S/C8H12N4O3S/c1-8(2,4-6(14)15)3-5(13)9-7-10-11-12-16-7/h3-4H2,1-2H3,(H,14,15)(H,9,10,12,13). The lowest BCUT2D eigenvalue weighted by molar-refractivity contribution is -0.139. The Balaban J connectivity index is 2.47. The van der Waals surface area contributed by atoms with Crippen molar-refractivity contribution in [2.75, 3.05) is 5.32 Å². The lowest BCUT2D eigenvalue weighted by Gasteiger charge is -2.20. The zero-order chi connectivity index (χ0) is 12.2. The van der Waals surface area contributed by atoms with Gasteiger partial charge in [0.15, 0.2) is 0 Å². The first kappa shape index (κ1) is 12.5. The van der Waals surface area contributed by atoms with Gasteiger partial charge in [0.2, 0.25) is 11.0 Å². The maximum absolute atomic E-state index is 11.5. The van der Waals surface area contributed by atoms with E-state index in [0.29, 0.717) is 5.13 Å². The van der Waals surface area contributed by atoms with Crippen molar-refractivity contribution in [3.63, 3.8) is 0 Å². The van der Waals surface area contributed by atoms with Crippen molar-refractivity contribution in [3.05, 3.63) is 0 Å². The fraction of sp³-hybridized carbons (Fsp3) is 0.625. The third-order valence-corrected chi connectivity index (χ3v) is 2.33. The number of hydrogen-bond donors (Lipinski definition) is 2. The molecule has 0 atom stereocenters. The normalized spacial score (nSPS) is 11.1. The van der Waals surface area contributed by atoms with Crippen LogP contribution in [0.5, 0.6) is 0 Å². The van der Waals surface area contributed by atoms with E-state index in [2.05, 4.69) is 20.1 Å². The van der Waals surface area contributed by atoms with Crippen molar-refractivity contribution >= 4 is 28.5 Å². The van der Waals surface area contributed by atoms with Crippen LogP contribution in [0.4, 0.5) is 5.13 Å². The Labute approximate surface area is 96.0 Å². The number of carbonyl (C=O) groups is 2. The molecule has 0 fully saturated rings. The molecule has 1 heterocycles. The van der Waals surface area contributed by atoms with E-state index in [1.165, 1.54) is 0 Å². The zero-order valence-electron chi connectivity index (χ0n) is 8.93. The molecule has 1 aromatic rings. The molecule has 1 aromatic heterocycles. The molecule has 0 aliphatic heterocycles. The second-order valence-electron chi connectivity index (χ2n) is 4.13. The van der Waals surface area contributed by atoms with Gasteiger partial charge in [-0.1, -0.05) is 23.4 Å². The number of carboxylic acid groups (broad SMARTS) is 1. The number of nitrogens with one attached hydrogen (secondary N) is 1. The number of aliphatic carboxylic acids is 1. The number of hydrogen-bond acceptors (Lipinski definition) is 6. The number of aromatic nitrogens is 3. The SMILES string of the molecule is CC(C)(CC(=O)O)CC(=O)Nc1nnns1. The third kappa shape index (κ3) is 4.30. The van der Waals surface area contributed by atoms with Crippen molar-refractivity contribution in [2.45, 2.75) is 26.7 Å². The molecule has 0 aliphatic carbocycles. The molecule has 16 heavy (non-hydrogen) atoms. The zero-order valence-corrected chi connectivity index (χ0v) is 9.74. The molecule has 0 unspecified atom stereocenters. The van der Waals surface area contributed by atoms with Crippen LogP contribution in [0.2, 0.25) is 0 Å². The Kier molecular flexibility index (Phi) is 3.88. The molecule has 0 saturated carbocycles. The first-order chi connectivity index (χ1) is 7.39. The van der Waals surface area contributed by atoms with E-state index in [4.69, 9.17) is 5.11 Å². The second-order valence-corrected chi connectivity index (χ2v) is 4.86. The highest BCUT2D eigenvalue weighted by molar-refractivity contribution is 7.09. The van der Waals surface area contributed by atoms with Crippen LogP contribution in [-0.2, 0) is 9.59 Å². The number of nitrogens with zero attached hydrogens (tertiary/aromatic N) is 3. The molecule has 7 nitrogen and oxygen atoms in total. The van der Waals surface area contributed by atoms with Crippen molar-refractivity contribution in [2.24, 2.45) is 5.41 Å². The molecule has 0 spiro atoms. The average Bonchev–Trinajstić information content (AvgIpc) is 2.51. The van der Waals surface area contributed by atoms with Crippen LogP contribution in [0.25, 0.3) is 0 Å². The molecule has 0 aromatic carbocycles. The van der Waals surface area contributed by atoms with E-state index in [1.807, 2.05) is 0 Å². The maximum Gasteiger partial charge on any atom is 0.303 e. The monoisotopic (exact) mass is 244 g/mol. The van der Waals surface area contributed by atoms with E-state index in [1.54, 1.807) is 13.8 Å². The minimum absolute atomic E-state index is 0.0607. The van der Waals surface area contributed by atoms with Gasteiger partial charge in [-0.3, -0.25) is 14.9 Å². The minimum atomic E-state index is -0.921. The fourth-order valence-electron chi connectivity index (χ4n) is 1.25. The van der Waals surface area contributed by atoms with E-state index in [0.717, 1.165) is 11.5 Å². The topological polar surface area (TPSA) is 105 Å². The van der Waals surface area contributed by atoms with Crippen molar-refractivity contribution in [1.82, 2.24) is 14.8 Å². The van der Waals surface area contributed by atoms with Crippen LogP contribution >= 0.6 is 11.5 Å². The summed E-state index contributed by atoms with van der Waals surface area (Å²) in [5, 5.41) is 18.4. The van der Waals surface area contributed by atoms with E-state index >= 15 is 0 Å². The van der Waals surface area contributed by atoms with E-state index in [9.17, 15) is 9.59 Å². The van der Waals surface area contributed by atoms with Crippen LogP contribution in [0.15, 0.2) is 0 Å². The van der Waals surface area contributed by atoms with Crippen LogP contribution < -0.4 is 5.32 Å². The highest BCUT2D eigenvalue weighted by Crippen LogP contribution is 2.25. The first-order valence-electron chi connectivity index (χ1n) is 4.56. The van der Waals surface area contributed by atoms with Gasteiger partial charge in [-0.15, -0.1) is 0 Å². The van der Waals surface area contributed by atoms with Gasteiger partial charge in [0.1, 0.15) is 0 Å². The summed E-state index contributed by atoms with van der Waals surface area (Å²) in [6.45, 7) is 3.44. The lowest BCUT2D eigenvalue weighted by atomic mass is 9.85. The molecule has 0 saturated heterocycles. The molecule has 1 rings (SSSR count). The summed E-state index contributed by atoms with van der Waals surface area (Å²) in [6.07, 6.45) is 0.0493. The van der Waals surface area contributed by atoms with Gasteiger partial charge in [-0.25, -0.2) is 0 Å². The van der Waals surface area contributed by atoms with Gasteiger partial charge in [-0.2, -0.15) is 0 Å². The smallest absolute Gasteiger partial charge is 0.303 e. The Hall–Kier alpha value is -1.57. The summed E-state index contributed by atoms with van der Waals surface area (Å²) in [6, 6.07) is 0. The summed E-state index contributed by atoms with van der Waals surface area (Å²) < 4.78 is 3.49. The quantitative estimate of drug-likeness (QED) is 0.792. The Morgan fingerprint density at radius 2 is 2.12 bits per heavy atom. The molecule has 0 aliphatic rings. The van der Waals surface area contributed by atoms with Gasteiger partial charge in [0.25, 0.3) is 0 Å². The molecule has 8 heteroatoms. The third-order valence-electron chi connectivity index (χ3n) is 1.81. The molecular weight excluding hydrogens is 232 g/mol. The Morgan fingerprint density at radius 1 is 1.44 bits per heavy atom. The summed E-state index contributed by atoms with van der Waals surface area (Å²) in [5.41, 5.74) is -0.589. The van der Waals surface area contributed by atoms with Crippen molar-refractivity contribution in [3.8, 4) is 0 Å². The number of carbonyl (C=O) groups excluding carboxylic acids is 1. The predicted molar refractivity (Wildman–Crippen MR) is 57.0 cm³/mol. The van der Waals surface area contributed by atoms with Gasteiger partial charge in [0, 0.05) is 18.0 Å². The van der Waals surface area contributed by atoms with E-state index in [-0.39, 0.29) is 18.7 Å². The van der Waals surface area contributed by atoms with Gasteiger partial charge >= 0.3 is 5.97 Å². The molecule has 1 amide bonds. The van der Waals surface area contributed by atoms with Crippen LogP contribution in [-0.4, -0.2) is 31.8 Å². The Morgan fingerprint density at radius 3 is 2.62 bits per heavy atom. The number of anilines is 1. The molecule has 2 N–H and O–H groups in total. The van der Waals surface area contributed by atoms with E-state index < -0.39 is 11.4 Å². The van der Waals surface area contributed by atoms with Crippen LogP contribution in [0.3, 0.4) is 0 Å². The number of amides is 1. The lowest BCUT2D eigenvalue weighted by Crippen LogP contribution is -2.24. The van der Waals surface area contributed by atoms with Gasteiger partial charge in [-0.05, 0) is 10.6 Å². The fourth-order valence-corrected chi connectivity index (χ4v) is 1.63. The number of rotatable bonds is 5. The van der Waals surface area contributed by atoms with Crippen molar-refractivity contribution in [1.29, 1.82) is 0 Å². The predicted octanol–water partition coefficient (Wildman–Crippen LogP) is 0.763. The second kappa shape index (κ2) is 4.97. The molecule has 0 bridgehead atoms. The first-order valence-corrected chi connectivity index (χ1v) is 5.33. The highest BCUT2D eigenvalue weighted by Gasteiger charge is 2.25. The van der Waals surface area contributed by atoms with Gasteiger partial charge in [0.05, 0.1) is 6.42 Å². The molecule has 88 valence electrons. The van der Waals surface area contributed by atoms with Crippen molar-refractivity contribution < 1.29 is 14.7 Å². The maximum atomic E-state index is 11.5. The summed E-state index contributed by atoms with van der Waals surface area (Å²) in [7, 11) is 0. The molecule has 0 radical (unpaired) electrons. The van der Waals surface area contributed by atoms with Crippen LogP contribution in [0.1, 0.15) is 26.7 Å². The number of carboxylic acids is 1. The molecular formula is C8H12N4O3S. The summed E-state index contributed by atoms with van der Waals surface area (Å²) >= 11 is 0.971. The Bertz CT molecular complexity index is 377. The highest BCUT2D eigenvalue weighted by atomic mass is 32.1.